The third kappa shape index (κ3) is 4.51. The Hall–Kier alpha value is -3.36. The highest BCUT2D eigenvalue weighted by Gasteiger charge is 2.33. The van der Waals surface area contributed by atoms with Crippen molar-refractivity contribution in [1.82, 2.24) is 4.57 Å². The van der Waals surface area contributed by atoms with Crippen LogP contribution in [0.5, 0.6) is 5.75 Å². The molecular weight excluding hydrogens is 468 g/mol. The quantitative estimate of drug-likeness (QED) is 0.250. The minimum Gasteiger partial charge on any atom is -0.497 e. The van der Waals surface area contributed by atoms with Crippen LogP contribution in [0.3, 0.4) is 0 Å². The Labute approximate surface area is 208 Å². The number of carbonyl (C=O) groups excluding carboxylic acids is 2. The first-order valence-corrected chi connectivity index (χ1v) is 11.9. The van der Waals surface area contributed by atoms with E-state index in [1.165, 1.54) is 11.8 Å². The van der Waals surface area contributed by atoms with Gasteiger partial charge in [0.2, 0.25) is 0 Å². The molecule has 1 aliphatic rings. The van der Waals surface area contributed by atoms with Gasteiger partial charge in [0, 0.05) is 17.1 Å². The molecule has 0 spiro atoms. The van der Waals surface area contributed by atoms with Gasteiger partial charge in [0.05, 0.1) is 29.9 Å². The van der Waals surface area contributed by atoms with Crippen molar-refractivity contribution in [2.45, 2.75) is 20.8 Å². The molecule has 3 aromatic rings. The third-order valence-electron chi connectivity index (χ3n) is 5.52. The summed E-state index contributed by atoms with van der Waals surface area (Å²) < 4.78 is 12.8. The first-order valence-electron chi connectivity index (χ1n) is 10.7. The minimum atomic E-state index is -0.338. The van der Waals surface area contributed by atoms with Crippen molar-refractivity contribution in [1.29, 1.82) is 0 Å². The van der Waals surface area contributed by atoms with Gasteiger partial charge in [-0.1, -0.05) is 24.0 Å². The summed E-state index contributed by atoms with van der Waals surface area (Å²) in [6.45, 7) is 6.13. The van der Waals surface area contributed by atoms with Gasteiger partial charge in [-0.05, 0) is 87.0 Å². The summed E-state index contributed by atoms with van der Waals surface area (Å²) >= 11 is 6.79. The number of aryl methyl sites for hydroxylation is 1. The van der Waals surface area contributed by atoms with Crippen LogP contribution < -0.4 is 9.64 Å². The number of thiocarbonyl (C=S) groups is 1. The second kappa shape index (κ2) is 9.87. The van der Waals surface area contributed by atoms with E-state index in [4.69, 9.17) is 21.7 Å². The molecule has 1 saturated heterocycles. The lowest BCUT2D eigenvalue weighted by atomic mass is 10.2. The molecular formula is C26H24N2O4S2. The molecule has 2 aromatic carbocycles. The van der Waals surface area contributed by atoms with Crippen LogP contribution in [0.4, 0.5) is 5.69 Å². The predicted molar refractivity (Wildman–Crippen MR) is 140 cm³/mol. The number of rotatable bonds is 6. The zero-order valence-corrected chi connectivity index (χ0v) is 21.0. The zero-order chi connectivity index (χ0) is 24.4. The maximum atomic E-state index is 13.2. The summed E-state index contributed by atoms with van der Waals surface area (Å²) in [5.41, 5.74) is 5.07. The van der Waals surface area contributed by atoms with Crippen LogP contribution >= 0.6 is 24.0 Å². The van der Waals surface area contributed by atoms with Gasteiger partial charge in [0.1, 0.15) is 5.75 Å². The van der Waals surface area contributed by atoms with E-state index in [1.807, 2.05) is 50.3 Å². The second-order valence-electron chi connectivity index (χ2n) is 7.64. The fraction of sp³-hybridized carbons (Fsp3) is 0.192. The topological polar surface area (TPSA) is 60.8 Å². The van der Waals surface area contributed by atoms with E-state index < -0.39 is 0 Å². The smallest absolute Gasteiger partial charge is 0.338 e. The molecule has 0 unspecified atom stereocenters. The molecule has 1 aromatic heterocycles. The molecule has 0 radical (unpaired) electrons. The molecule has 2 heterocycles. The number of aromatic nitrogens is 1. The van der Waals surface area contributed by atoms with Crippen LogP contribution in [0.2, 0.25) is 0 Å². The van der Waals surface area contributed by atoms with Gasteiger partial charge in [0.15, 0.2) is 4.32 Å². The van der Waals surface area contributed by atoms with E-state index in [0.29, 0.717) is 32.8 Å². The highest BCUT2D eigenvalue weighted by atomic mass is 32.2. The van der Waals surface area contributed by atoms with Crippen LogP contribution in [0.25, 0.3) is 11.8 Å². The van der Waals surface area contributed by atoms with E-state index in [1.54, 1.807) is 43.2 Å². The number of hydrogen-bond acceptors (Lipinski definition) is 6. The normalized spacial score (nSPS) is 14.7. The number of amides is 1. The molecule has 0 aliphatic carbocycles. The molecule has 1 aliphatic heterocycles. The first-order chi connectivity index (χ1) is 16.3. The number of hydrogen-bond donors (Lipinski definition) is 0. The molecule has 8 heteroatoms. The van der Waals surface area contributed by atoms with Crippen molar-refractivity contribution in [3.8, 4) is 11.4 Å². The summed E-state index contributed by atoms with van der Waals surface area (Å²) in [5.74, 6) is 0.228. The van der Waals surface area contributed by atoms with Crippen LogP contribution in [0.1, 0.15) is 34.2 Å². The molecule has 174 valence electrons. The Morgan fingerprint density at radius 1 is 1.06 bits per heavy atom. The van der Waals surface area contributed by atoms with Crippen molar-refractivity contribution in [2.24, 2.45) is 0 Å². The van der Waals surface area contributed by atoms with Crippen molar-refractivity contribution in [2.75, 3.05) is 18.6 Å². The first kappa shape index (κ1) is 23.8. The van der Waals surface area contributed by atoms with Gasteiger partial charge in [-0.15, -0.1) is 0 Å². The largest absolute Gasteiger partial charge is 0.497 e. The van der Waals surface area contributed by atoms with Crippen LogP contribution in [0, 0.1) is 13.8 Å². The number of ether oxygens (including phenoxy) is 2. The Morgan fingerprint density at radius 3 is 2.32 bits per heavy atom. The summed E-state index contributed by atoms with van der Waals surface area (Å²) in [4.78, 5) is 27.2. The number of thioether (sulfide) groups is 1. The lowest BCUT2D eigenvalue weighted by Crippen LogP contribution is -2.27. The molecule has 0 N–H and O–H groups in total. The Balaban J connectivity index is 1.62. The van der Waals surface area contributed by atoms with Crippen LogP contribution in [-0.2, 0) is 9.53 Å². The molecule has 0 bridgehead atoms. The van der Waals surface area contributed by atoms with Crippen LogP contribution in [0.15, 0.2) is 59.5 Å². The Bertz CT molecular complexity index is 1290. The monoisotopic (exact) mass is 492 g/mol. The molecule has 1 amide bonds. The SMILES string of the molecule is CCOC(=O)c1ccc(-n2c(C)cc(/C=C3/SC(=S)N(c4ccc(OC)cc4)C3=O)c2C)cc1. The van der Waals surface area contributed by atoms with Crippen molar-refractivity contribution >= 4 is 51.9 Å². The lowest BCUT2D eigenvalue weighted by molar-refractivity contribution is -0.113. The summed E-state index contributed by atoms with van der Waals surface area (Å²) in [7, 11) is 1.60. The number of benzene rings is 2. The highest BCUT2D eigenvalue weighted by Crippen LogP contribution is 2.37. The number of esters is 1. The molecule has 4 rings (SSSR count). The maximum absolute atomic E-state index is 13.2. The van der Waals surface area contributed by atoms with Gasteiger partial charge in [0.25, 0.3) is 5.91 Å². The summed E-state index contributed by atoms with van der Waals surface area (Å²) in [6, 6.07) is 16.6. The number of methoxy groups -OCH3 is 1. The van der Waals surface area contributed by atoms with Crippen molar-refractivity contribution in [3.63, 3.8) is 0 Å². The summed E-state index contributed by atoms with van der Waals surface area (Å²) in [6.07, 6.45) is 1.88. The van der Waals surface area contributed by atoms with Gasteiger partial charge >= 0.3 is 5.97 Å². The van der Waals surface area contributed by atoms with E-state index in [2.05, 4.69) is 4.57 Å². The predicted octanol–water partition coefficient (Wildman–Crippen LogP) is 5.69. The Morgan fingerprint density at radius 2 is 1.71 bits per heavy atom. The molecule has 0 atom stereocenters. The molecule has 1 fully saturated rings. The minimum absolute atomic E-state index is 0.149. The average molecular weight is 493 g/mol. The van der Waals surface area contributed by atoms with Gasteiger partial charge < -0.3 is 14.0 Å². The van der Waals surface area contributed by atoms with Gasteiger partial charge in [-0.25, -0.2) is 4.79 Å². The maximum Gasteiger partial charge on any atom is 0.338 e. The second-order valence-corrected chi connectivity index (χ2v) is 9.32. The van der Waals surface area contributed by atoms with Crippen molar-refractivity contribution in [3.05, 3.63) is 82.0 Å². The highest BCUT2D eigenvalue weighted by molar-refractivity contribution is 8.27. The average Bonchev–Trinajstić information content (AvgIpc) is 3.27. The van der Waals surface area contributed by atoms with E-state index >= 15 is 0 Å². The molecule has 6 nitrogen and oxygen atoms in total. The fourth-order valence-electron chi connectivity index (χ4n) is 3.85. The van der Waals surface area contributed by atoms with Crippen LogP contribution in [-0.4, -0.2) is 34.5 Å². The zero-order valence-electron chi connectivity index (χ0n) is 19.3. The van der Waals surface area contributed by atoms with E-state index in [-0.39, 0.29) is 11.9 Å². The fourth-order valence-corrected chi connectivity index (χ4v) is 5.14. The number of anilines is 1. The van der Waals surface area contributed by atoms with Gasteiger partial charge in [-0.3, -0.25) is 9.69 Å². The van der Waals surface area contributed by atoms with E-state index in [9.17, 15) is 9.59 Å². The lowest BCUT2D eigenvalue weighted by Gasteiger charge is -2.14. The molecule has 0 saturated carbocycles. The summed E-state index contributed by atoms with van der Waals surface area (Å²) in [5, 5.41) is 0. The van der Waals surface area contributed by atoms with Gasteiger partial charge in [-0.2, -0.15) is 0 Å². The third-order valence-corrected chi connectivity index (χ3v) is 6.82. The standard InChI is InChI=1S/C26H24N2O4S2/c1-5-32-25(30)18-6-8-20(9-7-18)27-16(2)14-19(17(27)3)15-23-24(29)28(26(33)34-23)21-10-12-22(31-4)13-11-21/h6-15H,5H2,1-4H3/b23-15+. The molecule has 34 heavy (non-hydrogen) atoms. The van der Waals surface area contributed by atoms with Crippen molar-refractivity contribution < 1.29 is 19.1 Å². The number of carbonyl (C=O) groups is 2. The van der Waals surface area contributed by atoms with E-state index in [0.717, 1.165) is 22.6 Å². The number of nitrogens with zero attached hydrogens (tertiary/aromatic N) is 2. The Kier molecular flexibility index (Phi) is 6.90.